The molecule has 0 aliphatic carbocycles. The molecule has 0 saturated heterocycles. The molecule has 130 heavy (non-hydrogen) atoms. The quantitative estimate of drug-likeness (QED) is 0.113. The molecule has 0 aliphatic rings. The minimum absolute atomic E-state index is 0.631. The van der Waals surface area contributed by atoms with Crippen molar-refractivity contribution in [3.05, 3.63) is 455 Å². The van der Waals surface area contributed by atoms with Crippen LogP contribution >= 0.6 is 0 Å². The van der Waals surface area contributed by atoms with Gasteiger partial charge in [-0.3, -0.25) is 9.97 Å². The Hall–Kier alpha value is -17.4. The van der Waals surface area contributed by atoms with Gasteiger partial charge in [0.15, 0.2) is 17.5 Å². The van der Waals surface area contributed by atoms with Gasteiger partial charge in [-0.2, -0.15) is 0 Å². The van der Waals surface area contributed by atoms with Crippen molar-refractivity contribution < 1.29 is 8.83 Å². The fourth-order valence-electron chi connectivity index (χ4n) is 20.7. The van der Waals surface area contributed by atoms with Gasteiger partial charge in [0.1, 0.15) is 22.3 Å². The van der Waals surface area contributed by atoms with E-state index in [2.05, 4.69) is 392 Å². The Labute approximate surface area is 748 Å². The highest BCUT2D eigenvalue weighted by atomic mass is 16.3. The summed E-state index contributed by atoms with van der Waals surface area (Å²) in [5, 5.41) is 23.1. The van der Waals surface area contributed by atoms with Gasteiger partial charge < -0.3 is 8.83 Å². The van der Waals surface area contributed by atoms with E-state index in [1.54, 1.807) is 0 Å². The molecule has 0 unspecified atom stereocenters. The maximum absolute atomic E-state index is 7.13. The van der Waals surface area contributed by atoms with Crippen LogP contribution < -0.4 is 0 Å². The first kappa shape index (κ1) is 75.2. The summed E-state index contributed by atoms with van der Waals surface area (Å²) in [5.74, 6) is 1.89. The fourth-order valence-corrected chi connectivity index (χ4v) is 20.7. The average Bonchev–Trinajstić information content (AvgIpc) is 1.06. The second-order valence-electron chi connectivity index (χ2n) is 33.3. The second kappa shape index (κ2) is 31.4. The van der Waals surface area contributed by atoms with Crippen molar-refractivity contribution >= 4 is 130 Å². The molecular weight excluding hydrogens is 1580 g/mol. The molecule has 0 fully saturated rings. The van der Waals surface area contributed by atoms with Crippen LogP contribution in [0.5, 0.6) is 0 Å². The van der Waals surface area contributed by atoms with Crippen LogP contribution in [-0.2, 0) is 0 Å². The number of benzene rings is 21. The molecule has 7 heteroatoms. The van der Waals surface area contributed by atoms with Gasteiger partial charge in [-0.05, 0) is 195 Å². The van der Waals surface area contributed by atoms with E-state index in [0.29, 0.717) is 17.5 Å². The van der Waals surface area contributed by atoms with Crippen LogP contribution in [0.15, 0.2) is 464 Å². The lowest BCUT2D eigenvalue weighted by Crippen LogP contribution is -2.01. The number of furan rings is 2. The van der Waals surface area contributed by atoms with Crippen molar-refractivity contribution in [1.29, 1.82) is 0 Å². The van der Waals surface area contributed by atoms with Gasteiger partial charge in [0.2, 0.25) is 0 Å². The summed E-state index contributed by atoms with van der Waals surface area (Å²) >= 11 is 0. The molecule has 0 amide bonds. The number of pyridine rings is 2. The monoisotopic (exact) mass is 1650 g/mol. The first-order chi connectivity index (χ1) is 64.6. The molecule has 0 saturated carbocycles. The molecule has 0 bridgehead atoms. The second-order valence-corrected chi connectivity index (χ2v) is 33.3. The van der Waals surface area contributed by atoms with Gasteiger partial charge in [0, 0.05) is 96.4 Å². The van der Waals surface area contributed by atoms with Crippen molar-refractivity contribution in [2.75, 3.05) is 0 Å². The summed E-state index contributed by atoms with van der Waals surface area (Å²) in [6, 6.07) is 154. The van der Waals surface area contributed by atoms with Crippen molar-refractivity contribution in [3.8, 4) is 134 Å². The largest absolute Gasteiger partial charge is 0.455 e. The first-order valence-corrected chi connectivity index (χ1v) is 44.1. The van der Waals surface area contributed by atoms with E-state index in [1.165, 1.54) is 109 Å². The smallest absolute Gasteiger partial charge is 0.165 e. The maximum Gasteiger partial charge on any atom is 0.165 e. The van der Waals surface area contributed by atoms with Gasteiger partial charge in [-0.1, -0.05) is 388 Å². The first-order valence-electron chi connectivity index (χ1n) is 44.1. The molecule has 604 valence electrons. The zero-order chi connectivity index (χ0) is 85.7. The Morgan fingerprint density at radius 3 is 0.708 bits per heavy atom. The van der Waals surface area contributed by atoms with Crippen LogP contribution in [0, 0.1) is 0 Å². The van der Waals surface area contributed by atoms with Crippen LogP contribution in [-0.4, -0.2) is 24.9 Å². The van der Waals surface area contributed by atoms with Gasteiger partial charge in [-0.15, -0.1) is 0 Å². The van der Waals surface area contributed by atoms with Crippen molar-refractivity contribution in [1.82, 2.24) is 24.9 Å². The molecule has 26 aromatic rings. The zero-order valence-electron chi connectivity index (χ0n) is 70.4. The molecular formula is C123H75N5O2. The SMILES string of the molecule is c1ccc(-c2c3ccccc3c(-c3cccc4c3oc3cccc(-c5c6ccccc6c(-c6cc(-c7cccnc7)cc(-c7cccnc7)c6)c6ccccc56)c34)c3ccccc23)cc1.c1ccc(-c2nc(-c3ccccc3)nc(-c3c4ccccc4c(-c4cccc5oc6c(-c7c8ccccc8c(-c8ccccc8)c8ccccc78)cccc6c45)c4ccccc34)n2)cc1. The van der Waals surface area contributed by atoms with Gasteiger partial charge in [0.25, 0.3) is 0 Å². The highest BCUT2D eigenvalue weighted by Gasteiger charge is 2.29. The number of aromatic nitrogens is 5. The van der Waals surface area contributed by atoms with Crippen molar-refractivity contribution in [2.45, 2.75) is 0 Å². The molecule has 21 aromatic carbocycles. The molecule has 7 nitrogen and oxygen atoms in total. The minimum Gasteiger partial charge on any atom is -0.455 e. The molecule has 0 atom stereocenters. The third-order valence-corrected chi connectivity index (χ3v) is 26.1. The summed E-state index contributed by atoms with van der Waals surface area (Å²) in [6.45, 7) is 0. The fraction of sp³-hybridized carbons (Fsp3) is 0. The van der Waals surface area contributed by atoms with E-state index in [1.807, 2.05) is 73.3 Å². The molecule has 0 radical (unpaired) electrons. The molecule has 0 N–H and O–H groups in total. The van der Waals surface area contributed by atoms with Gasteiger partial charge in [-0.25, -0.2) is 15.0 Å². The Morgan fingerprint density at radius 2 is 0.392 bits per heavy atom. The molecule has 5 heterocycles. The standard InChI is InChI=1S/C62H38N2O.C61H37N3O/c1-2-16-39(17-3-1)57-45-20-4-10-26-51(45)60(52-27-11-5-21-46(52)57)54-29-12-30-55-61-53(28-13-31-56(61)65-62(54)55)59-49-24-8-6-22-47(49)58(48-23-7-9-25-50(48)59)44-35-42(40-18-14-32-63-37-40)34-43(36-44)41-19-15-33-64-38-41;1-4-20-38(21-5-1)53-41-26-10-12-28-43(41)55(44-29-13-11-27-42(44)53)50-35-18-36-51-56-49(34-19-37-52(56)65-58(50)51)54-45-30-14-16-32-47(45)57(48-33-17-15-31-46(48)54)61-63-59(39-22-6-2-7-23-39)62-60(64-61)40-24-8-3-9-25-40/h1-38H;1-37H. The van der Waals surface area contributed by atoms with Crippen LogP contribution in [0.1, 0.15) is 0 Å². The number of hydrogen-bond donors (Lipinski definition) is 0. The molecule has 0 spiro atoms. The number of para-hydroxylation sites is 2. The van der Waals surface area contributed by atoms with E-state index in [-0.39, 0.29) is 0 Å². The summed E-state index contributed by atoms with van der Waals surface area (Å²) in [4.78, 5) is 24.5. The lowest BCUT2D eigenvalue weighted by atomic mass is 9.83. The van der Waals surface area contributed by atoms with E-state index < -0.39 is 0 Å². The van der Waals surface area contributed by atoms with Crippen LogP contribution in [0.25, 0.3) is 264 Å². The summed E-state index contributed by atoms with van der Waals surface area (Å²) in [6.07, 6.45) is 7.54. The van der Waals surface area contributed by atoms with Gasteiger partial charge in [0.05, 0.1) is 0 Å². The summed E-state index contributed by atoms with van der Waals surface area (Å²) in [5.41, 5.74) is 27.0. The number of fused-ring (bicyclic) bond motifs is 14. The van der Waals surface area contributed by atoms with Crippen LogP contribution in [0.3, 0.4) is 0 Å². The highest BCUT2D eigenvalue weighted by Crippen LogP contribution is 2.55. The van der Waals surface area contributed by atoms with Crippen LogP contribution in [0.4, 0.5) is 0 Å². The lowest BCUT2D eigenvalue weighted by molar-refractivity contribution is 0.670. The zero-order valence-corrected chi connectivity index (χ0v) is 70.4. The number of rotatable bonds is 12. The molecule has 26 rings (SSSR count). The van der Waals surface area contributed by atoms with Crippen molar-refractivity contribution in [2.24, 2.45) is 0 Å². The van der Waals surface area contributed by atoms with E-state index in [9.17, 15) is 0 Å². The predicted molar refractivity (Wildman–Crippen MR) is 542 cm³/mol. The average molecular weight is 1650 g/mol. The third-order valence-electron chi connectivity index (χ3n) is 26.1. The number of nitrogens with zero attached hydrogens (tertiary/aromatic N) is 5. The predicted octanol–water partition coefficient (Wildman–Crippen LogP) is 33.4. The van der Waals surface area contributed by atoms with E-state index in [0.717, 1.165) is 138 Å². The van der Waals surface area contributed by atoms with Crippen LogP contribution in [0.2, 0.25) is 0 Å². The minimum atomic E-state index is 0.631. The third kappa shape index (κ3) is 12.5. The highest BCUT2D eigenvalue weighted by molar-refractivity contribution is 6.31. The normalized spacial score (nSPS) is 11.7. The number of hydrogen-bond acceptors (Lipinski definition) is 7. The summed E-state index contributed by atoms with van der Waals surface area (Å²) < 4.78 is 14.2. The molecule has 5 aromatic heterocycles. The lowest BCUT2D eigenvalue weighted by Gasteiger charge is -2.19. The van der Waals surface area contributed by atoms with Gasteiger partial charge >= 0.3 is 0 Å². The van der Waals surface area contributed by atoms with E-state index in [4.69, 9.17) is 23.8 Å². The Morgan fingerprint density at radius 1 is 0.154 bits per heavy atom. The van der Waals surface area contributed by atoms with Crippen molar-refractivity contribution in [3.63, 3.8) is 0 Å². The topological polar surface area (TPSA) is 90.7 Å². The summed E-state index contributed by atoms with van der Waals surface area (Å²) in [7, 11) is 0. The molecule has 0 aliphatic heterocycles. The Kier molecular flexibility index (Phi) is 18.1. The Balaban J connectivity index is 0.000000140. The Bertz CT molecular complexity index is 8160. The maximum atomic E-state index is 7.13. The van der Waals surface area contributed by atoms with E-state index >= 15 is 0 Å².